The Bertz CT molecular complexity index is 1020. The summed E-state index contributed by atoms with van der Waals surface area (Å²) in [6.45, 7) is 2.04. The third-order valence-electron chi connectivity index (χ3n) is 5.27. The third-order valence-corrected chi connectivity index (χ3v) is 6.19. The Morgan fingerprint density at radius 3 is 2.42 bits per heavy atom. The first-order valence-corrected chi connectivity index (χ1v) is 11.5. The number of anilines is 2. The molecule has 0 radical (unpaired) electrons. The van der Waals surface area contributed by atoms with Gasteiger partial charge in [-0.05, 0) is 49.2 Å². The van der Waals surface area contributed by atoms with Gasteiger partial charge in [0.1, 0.15) is 10.8 Å². The fraction of sp³-hybridized carbons (Fsp3) is 0.292. The van der Waals surface area contributed by atoms with Gasteiger partial charge >= 0.3 is 0 Å². The SMILES string of the molecule is O=C(CSc1ccc(-c2ccccc2F)nn1)Nc1ccccc1N1CCCCCC1. The van der Waals surface area contributed by atoms with E-state index in [0.717, 1.165) is 24.5 Å². The highest BCUT2D eigenvalue weighted by atomic mass is 32.2. The summed E-state index contributed by atoms with van der Waals surface area (Å²) in [5.74, 6) is -0.200. The number of carbonyl (C=O) groups is 1. The zero-order valence-electron chi connectivity index (χ0n) is 17.3. The summed E-state index contributed by atoms with van der Waals surface area (Å²) in [5, 5.41) is 11.9. The molecule has 2 heterocycles. The first kappa shape index (κ1) is 21.3. The van der Waals surface area contributed by atoms with E-state index >= 15 is 0 Å². The number of thioether (sulfide) groups is 1. The molecule has 1 N–H and O–H groups in total. The molecule has 0 atom stereocenters. The van der Waals surface area contributed by atoms with Gasteiger partial charge in [0.25, 0.3) is 0 Å². The Labute approximate surface area is 186 Å². The molecule has 5 nitrogen and oxygen atoms in total. The summed E-state index contributed by atoms with van der Waals surface area (Å²) in [6.07, 6.45) is 4.89. The van der Waals surface area contributed by atoms with Crippen LogP contribution in [0.1, 0.15) is 25.7 Å². The summed E-state index contributed by atoms with van der Waals surface area (Å²) in [4.78, 5) is 14.9. The maximum Gasteiger partial charge on any atom is 0.234 e. The van der Waals surface area contributed by atoms with Gasteiger partial charge in [-0.3, -0.25) is 4.79 Å². The standard InChI is InChI=1S/C24H25FN4OS/c25-19-10-4-3-9-18(19)20-13-14-24(28-27-20)31-17-23(30)26-21-11-5-6-12-22(21)29-15-7-1-2-8-16-29/h3-6,9-14H,1-2,7-8,15-17H2,(H,26,30). The maximum absolute atomic E-state index is 13.9. The Morgan fingerprint density at radius 2 is 1.68 bits per heavy atom. The van der Waals surface area contributed by atoms with E-state index in [2.05, 4.69) is 26.5 Å². The number of nitrogens with one attached hydrogen (secondary N) is 1. The lowest BCUT2D eigenvalue weighted by atomic mass is 10.1. The van der Waals surface area contributed by atoms with Gasteiger partial charge in [-0.15, -0.1) is 10.2 Å². The Hall–Kier alpha value is -2.93. The molecule has 0 unspecified atom stereocenters. The van der Waals surface area contributed by atoms with Crippen LogP contribution in [-0.4, -0.2) is 34.9 Å². The summed E-state index contributed by atoms with van der Waals surface area (Å²) in [7, 11) is 0. The van der Waals surface area contributed by atoms with Gasteiger partial charge in [-0.1, -0.05) is 48.9 Å². The smallest absolute Gasteiger partial charge is 0.234 e. The van der Waals surface area contributed by atoms with Crippen LogP contribution in [0.4, 0.5) is 15.8 Å². The molecule has 1 saturated heterocycles. The number of aromatic nitrogens is 2. The second-order valence-corrected chi connectivity index (χ2v) is 8.49. The van der Waals surface area contributed by atoms with Gasteiger partial charge in [-0.2, -0.15) is 0 Å². The summed E-state index contributed by atoms with van der Waals surface area (Å²) >= 11 is 1.31. The first-order valence-electron chi connectivity index (χ1n) is 10.6. The van der Waals surface area contributed by atoms with Crippen LogP contribution >= 0.6 is 11.8 Å². The molecule has 2 aromatic carbocycles. The molecule has 1 aromatic heterocycles. The van der Waals surface area contributed by atoms with E-state index in [1.165, 1.54) is 43.5 Å². The average Bonchev–Trinajstić information content (AvgIpc) is 3.08. The van der Waals surface area contributed by atoms with Crippen molar-refractivity contribution in [3.8, 4) is 11.3 Å². The van der Waals surface area contributed by atoms with Crippen LogP contribution in [-0.2, 0) is 4.79 Å². The van der Waals surface area contributed by atoms with E-state index in [9.17, 15) is 9.18 Å². The van der Waals surface area contributed by atoms with Gasteiger partial charge in [0.05, 0.1) is 22.8 Å². The van der Waals surface area contributed by atoms with Gasteiger partial charge in [0, 0.05) is 18.7 Å². The van der Waals surface area contributed by atoms with Crippen molar-refractivity contribution in [1.82, 2.24) is 10.2 Å². The van der Waals surface area contributed by atoms with Crippen molar-refractivity contribution >= 4 is 29.0 Å². The molecule has 7 heteroatoms. The van der Waals surface area contributed by atoms with Crippen LogP contribution in [0.3, 0.4) is 0 Å². The Balaban J connectivity index is 1.36. The summed E-state index contributed by atoms with van der Waals surface area (Å²) < 4.78 is 13.9. The van der Waals surface area contributed by atoms with E-state index in [-0.39, 0.29) is 17.5 Å². The topological polar surface area (TPSA) is 58.1 Å². The molecule has 0 aliphatic carbocycles. The normalized spacial score (nSPS) is 14.2. The highest BCUT2D eigenvalue weighted by Crippen LogP contribution is 2.28. The number of halogens is 1. The molecular formula is C24H25FN4OS. The van der Waals surface area contributed by atoms with E-state index in [0.29, 0.717) is 16.3 Å². The number of para-hydroxylation sites is 2. The molecule has 1 fully saturated rings. The predicted molar refractivity (Wildman–Crippen MR) is 124 cm³/mol. The van der Waals surface area contributed by atoms with Crippen LogP contribution in [0, 0.1) is 5.82 Å². The van der Waals surface area contributed by atoms with E-state index in [1.54, 1.807) is 30.3 Å². The van der Waals surface area contributed by atoms with Gasteiger partial charge in [0.2, 0.25) is 5.91 Å². The molecule has 1 amide bonds. The predicted octanol–water partition coefficient (Wildman–Crippen LogP) is 5.39. The molecule has 160 valence electrons. The zero-order chi connectivity index (χ0) is 21.5. The largest absolute Gasteiger partial charge is 0.370 e. The average molecular weight is 437 g/mol. The number of benzene rings is 2. The fourth-order valence-electron chi connectivity index (χ4n) is 3.70. The summed E-state index contributed by atoms with van der Waals surface area (Å²) in [5.41, 5.74) is 2.81. The van der Waals surface area contributed by atoms with Crippen molar-refractivity contribution in [3.63, 3.8) is 0 Å². The van der Waals surface area contributed by atoms with E-state index < -0.39 is 0 Å². The van der Waals surface area contributed by atoms with Crippen LogP contribution in [0.5, 0.6) is 0 Å². The van der Waals surface area contributed by atoms with Gasteiger partial charge in [-0.25, -0.2) is 4.39 Å². The lowest BCUT2D eigenvalue weighted by molar-refractivity contribution is -0.113. The van der Waals surface area contributed by atoms with Crippen LogP contribution in [0.25, 0.3) is 11.3 Å². The van der Waals surface area contributed by atoms with Crippen LogP contribution < -0.4 is 10.2 Å². The molecule has 0 spiro atoms. The monoisotopic (exact) mass is 436 g/mol. The number of amides is 1. The Morgan fingerprint density at radius 1 is 0.935 bits per heavy atom. The van der Waals surface area contributed by atoms with Crippen LogP contribution in [0.15, 0.2) is 65.7 Å². The second kappa shape index (κ2) is 10.4. The third kappa shape index (κ3) is 5.61. The quantitative estimate of drug-likeness (QED) is 0.525. The molecule has 4 rings (SSSR count). The highest BCUT2D eigenvalue weighted by molar-refractivity contribution is 7.99. The van der Waals surface area contributed by atoms with Crippen molar-refractivity contribution in [1.29, 1.82) is 0 Å². The minimum Gasteiger partial charge on any atom is -0.370 e. The molecule has 3 aromatic rings. The zero-order valence-corrected chi connectivity index (χ0v) is 18.1. The molecule has 1 aliphatic rings. The molecule has 0 saturated carbocycles. The molecule has 1 aliphatic heterocycles. The molecule has 31 heavy (non-hydrogen) atoms. The number of hydrogen-bond acceptors (Lipinski definition) is 5. The lowest BCUT2D eigenvalue weighted by Gasteiger charge is -2.25. The van der Waals surface area contributed by atoms with Crippen molar-refractivity contribution in [2.45, 2.75) is 30.7 Å². The van der Waals surface area contributed by atoms with Crippen molar-refractivity contribution in [2.75, 3.05) is 29.1 Å². The lowest BCUT2D eigenvalue weighted by Crippen LogP contribution is -2.26. The number of rotatable bonds is 6. The van der Waals surface area contributed by atoms with Crippen LogP contribution in [0.2, 0.25) is 0 Å². The van der Waals surface area contributed by atoms with E-state index in [4.69, 9.17) is 0 Å². The first-order chi connectivity index (χ1) is 15.2. The highest BCUT2D eigenvalue weighted by Gasteiger charge is 2.15. The van der Waals surface area contributed by atoms with E-state index in [1.807, 2.05) is 18.2 Å². The number of hydrogen-bond donors (Lipinski definition) is 1. The van der Waals surface area contributed by atoms with Gasteiger partial charge < -0.3 is 10.2 Å². The number of nitrogens with zero attached hydrogens (tertiary/aromatic N) is 3. The van der Waals surface area contributed by atoms with Gasteiger partial charge in [0.15, 0.2) is 0 Å². The molecule has 0 bridgehead atoms. The van der Waals surface area contributed by atoms with Crippen molar-refractivity contribution in [3.05, 3.63) is 66.5 Å². The summed E-state index contributed by atoms with van der Waals surface area (Å²) in [6, 6.07) is 17.9. The Kier molecular flexibility index (Phi) is 7.14. The molecular weight excluding hydrogens is 411 g/mol. The fourth-order valence-corrected chi connectivity index (χ4v) is 4.32. The van der Waals surface area contributed by atoms with Crippen molar-refractivity contribution in [2.24, 2.45) is 0 Å². The number of carbonyl (C=O) groups excluding carboxylic acids is 1. The van der Waals surface area contributed by atoms with Crippen molar-refractivity contribution < 1.29 is 9.18 Å². The maximum atomic E-state index is 13.9. The second-order valence-electron chi connectivity index (χ2n) is 7.49. The minimum atomic E-state index is -0.334. The minimum absolute atomic E-state index is 0.0905.